The maximum absolute atomic E-state index is 8.56. The van der Waals surface area contributed by atoms with Crippen molar-refractivity contribution in [2.24, 2.45) is 0 Å². The van der Waals surface area contributed by atoms with E-state index in [2.05, 4.69) is 71.9 Å². The maximum Gasteiger partial charge on any atom is 2.00 e. The molecule has 0 saturated heterocycles. The van der Waals surface area contributed by atoms with Crippen molar-refractivity contribution in [3.63, 3.8) is 0 Å². The molecule has 2 saturated carbocycles. The molecule has 0 amide bonds. The molecule has 0 heterocycles. The number of anilines is 1. The van der Waals surface area contributed by atoms with Gasteiger partial charge in [-0.15, -0.1) is 35.9 Å². The van der Waals surface area contributed by atoms with Gasteiger partial charge in [0.2, 0.25) is 0 Å². The van der Waals surface area contributed by atoms with Crippen LogP contribution < -0.4 is 20.5 Å². The van der Waals surface area contributed by atoms with Crippen LogP contribution in [0.2, 0.25) is 0 Å². The Morgan fingerprint density at radius 2 is 1.18 bits per heavy atom. The van der Waals surface area contributed by atoms with E-state index in [1.165, 1.54) is 92.0 Å². The average molecular weight is 894 g/mol. The van der Waals surface area contributed by atoms with E-state index in [9.17, 15) is 0 Å². The molecule has 56 heavy (non-hydrogen) atoms. The molecule has 0 unspecified atom stereocenters. The molecule has 0 aliphatic heterocycles. The van der Waals surface area contributed by atoms with Crippen LogP contribution in [0.1, 0.15) is 140 Å². The van der Waals surface area contributed by atoms with Gasteiger partial charge in [-0.05, 0) is 115 Å². The third-order valence-electron chi connectivity index (χ3n) is 11.3. The molecule has 0 radical (unpaired) electrons. The molecule has 4 aromatic carbocycles. The Hall–Kier alpha value is -2.72. The summed E-state index contributed by atoms with van der Waals surface area (Å²) in [5.74, 6) is 3.53. The minimum atomic E-state index is -2.86. The van der Waals surface area contributed by atoms with Gasteiger partial charge in [0, 0.05) is 18.9 Å². The molecule has 2 aliphatic rings. The first-order valence-electron chi connectivity index (χ1n) is 20.3. The number of hydrogen-bond donors (Lipinski definition) is 2. The predicted octanol–water partition coefficient (Wildman–Crippen LogP) is 12.7. The predicted molar refractivity (Wildman–Crippen MR) is 235 cm³/mol. The third-order valence-corrected chi connectivity index (χ3v) is 15.3. The number of nitrogen functional groups attached to an aromatic ring is 1. The van der Waals surface area contributed by atoms with Gasteiger partial charge in [0.25, 0.3) is 0 Å². The molecule has 9 heteroatoms. The third kappa shape index (κ3) is 12.6. The first kappa shape index (κ1) is 47.7. The van der Waals surface area contributed by atoms with Crippen LogP contribution in [-0.2, 0) is 39.8 Å². The summed E-state index contributed by atoms with van der Waals surface area (Å²) in [5, 5.41) is 1.55. The first-order valence-corrected chi connectivity index (χ1v) is 23.0. The van der Waals surface area contributed by atoms with Gasteiger partial charge in [-0.2, -0.15) is 0 Å². The minimum absolute atomic E-state index is 0. The fourth-order valence-corrected chi connectivity index (χ4v) is 13.1. The molecule has 2 fully saturated rings. The van der Waals surface area contributed by atoms with E-state index in [0.717, 1.165) is 39.6 Å². The molecule has 4 aromatic rings. The van der Waals surface area contributed by atoms with Crippen LogP contribution in [0.25, 0.3) is 22.3 Å². The zero-order valence-electron chi connectivity index (χ0n) is 34.8. The van der Waals surface area contributed by atoms with E-state index in [-0.39, 0.29) is 20.4 Å². The average Bonchev–Trinajstić information content (AvgIpc) is 3.18. The molecular formula is C47H65NO5PPdS+. The van der Waals surface area contributed by atoms with Gasteiger partial charge >= 0.3 is 20.4 Å². The Kier molecular flexibility index (Phi) is 20.1. The molecule has 0 atom stereocenters. The number of benzene rings is 4. The number of rotatable bonds is 10. The van der Waals surface area contributed by atoms with Crippen molar-refractivity contribution in [1.82, 2.24) is 0 Å². The fourth-order valence-electron chi connectivity index (χ4n) is 8.56. The quantitative estimate of drug-likeness (QED) is 0.0313. The topological polar surface area (TPSA) is 98.9 Å². The van der Waals surface area contributed by atoms with Gasteiger partial charge in [0.1, 0.15) is 11.1 Å². The Balaban J connectivity index is 0.000000386. The molecule has 2 aliphatic carbocycles. The van der Waals surface area contributed by atoms with E-state index in [1.807, 2.05) is 62.8 Å². The number of para-hydroxylation sites is 1. The van der Waals surface area contributed by atoms with Gasteiger partial charge in [0.15, 0.2) is 5.75 Å². The summed E-state index contributed by atoms with van der Waals surface area (Å²) < 4.78 is 36.7. The molecular weight excluding hydrogens is 828 g/mol. The summed E-state index contributed by atoms with van der Waals surface area (Å²) in [6.07, 6.45) is 14.0. The van der Waals surface area contributed by atoms with Gasteiger partial charge in [-0.3, -0.25) is 0 Å². The monoisotopic (exact) mass is 892 g/mol. The summed E-state index contributed by atoms with van der Waals surface area (Å²) in [6, 6.07) is 28.2. The Labute approximate surface area is 355 Å². The molecule has 6 nitrogen and oxygen atoms in total. The van der Waals surface area contributed by atoms with Crippen LogP contribution in [0.15, 0.2) is 72.8 Å². The fraction of sp³-hybridized carbons (Fsp3) is 0.489. The zero-order chi connectivity index (χ0) is 40.1. The van der Waals surface area contributed by atoms with Gasteiger partial charge in [0.05, 0.1) is 31.1 Å². The molecule has 308 valence electrons. The summed E-state index contributed by atoms with van der Waals surface area (Å²) in [6.45, 7) is 14.1. The smallest absolute Gasteiger partial charge is 0.496 e. The van der Waals surface area contributed by atoms with Crippen molar-refractivity contribution in [2.75, 3.05) is 20.0 Å². The number of hydrogen-bond acceptors (Lipinski definition) is 6. The summed E-state index contributed by atoms with van der Waals surface area (Å²) in [4.78, 5) is 0. The van der Waals surface area contributed by atoms with Crippen molar-refractivity contribution in [2.45, 2.75) is 135 Å². The standard InChI is InChI=1S/C35H53O2P.C12H10N.HO3S.Pd/c1-23(2)26-21-29(24(3)4)33(30(22-26)25(5)6)34-31(36-7)19-20-32(37-8)35(34)38(27-15-11-9-12-16-27)28-17-13-10-14-18-28;13-12-9-5-4-8-11(12)10-6-2-1-3-7-10;1-4(2)3;/h19-25,27-28H,9-18H2,1-8H3;1-6,8-9H,13H2;(H,1,2,3);/q;2*-1;+2/p+1. The van der Waals surface area contributed by atoms with Crippen molar-refractivity contribution < 1.29 is 42.9 Å². The van der Waals surface area contributed by atoms with E-state index in [1.54, 1.807) is 5.30 Å². The van der Waals surface area contributed by atoms with Crippen molar-refractivity contribution in [3.05, 3.63) is 95.6 Å². The molecule has 0 aromatic heterocycles. The minimum Gasteiger partial charge on any atom is -0.496 e. The summed E-state index contributed by atoms with van der Waals surface area (Å²) in [5.41, 5.74) is 17.6. The number of methoxy groups -OCH3 is 2. The Bertz CT molecular complexity index is 1810. The van der Waals surface area contributed by atoms with Crippen LogP contribution in [0.3, 0.4) is 0 Å². The van der Waals surface area contributed by atoms with E-state index in [4.69, 9.17) is 28.2 Å². The number of ether oxygens (including phenoxy) is 2. The van der Waals surface area contributed by atoms with Crippen LogP contribution >= 0.6 is 7.92 Å². The zero-order valence-corrected chi connectivity index (χ0v) is 38.1. The van der Waals surface area contributed by atoms with E-state index < -0.39 is 18.9 Å². The SMILES string of the molecule is COc1ccc(OC)c([PH+](C2CCCCC2)C2CCCCC2)c1-c1c(C(C)C)cc(C(C)C)cc1C(C)C.Nc1ccccc1-c1[c-]cccc1.O=[S-](=O)O.[Pd+2]. The number of nitrogens with two attached hydrogens (primary N) is 1. The largest absolute Gasteiger partial charge is 2.00 e. The van der Waals surface area contributed by atoms with E-state index >= 15 is 0 Å². The normalized spacial score (nSPS) is 14.9. The van der Waals surface area contributed by atoms with Crippen molar-refractivity contribution >= 4 is 29.9 Å². The van der Waals surface area contributed by atoms with Gasteiger partial charge in [-0.1, -0.05) is 90.3 Å². The summed E-state index contributed by atoms with van der Waals surface area (Å²) in [7, 11) is 0.0142. The van der Waals surface area contributed by atoms with Crippen LogP contribution in [0.4, 0.5) is 5.69 Å². The van der Waals surface area contributed by atoms with Gasteiger partial charge < -0.3 is 28.2 Å². The maximum atomic E-state index is 8.56. The molecule has 6 rings (SSSR count). The Morgan fingerprint density at radius 3 is 1.61 bits per heavy atom. The van der Waals surface area contributed by atoms with Gasteiger partial charge in [-0.25, -0.2) is 0 Å². The van der Waals surface area contributed by atoms with Crippen LogP contribution in [0.5, 0.6) is 11.5 Å². The second kappa shape index (κ2) is 23.6. The second-order valence-electron chi connectivity index (χ2n) is 16.0. The molecule has 0 spiro atoms. The second-order valence-corrected chi connectivity index (χ2v) is 19.4. The summed E-state index contributed by atoms with van der Waals surface area (Å²) >= 11 is 0. The Morgan fingerprint density at radius 1 is 0.696 bits per heavy atom. The molecule has 3 N–H and O–H groups in total. The molecule has 0 bridgehead atoms. The van der Waals surface area contributed by atoms with E-state index in [0.29, 0.717) is 17.8 Å². The first-order chi connectivity index (χ1) is 26.4. The van der Waals surface area contributed by atoms with Crippen molar-refractivity contribution in [3.8, 4) is 33.8 Å². The van der Waals surface area contributed by atoms with Crippen LogP contribution in [-0.4, -0.2) is 30.1 Å². The van der Waals surface area contributed by atoms with Crippen molar-refractivity contribution in [1.29, 1.82) is 0 Å². The van der Waals surface area contributed by atoms with Crippen LogP contribution in [0, 0.1) is 6.07 Å².